The van der Waals surface area contributed by atoms with Gasteiger partial charge in [-0.25, -0.2) is 0 Å². The predicted molar refractivity (Wildman–Crippen MR) is 112 cm³/mol. The first-order chi connectivity index (χ1) is 13.5. The second kappa shape index (κ2) is 9.45. The number of amides is 1. The van der Waals surface area contributed by atoms with Crippen LogP contribution >= 0.6 is 11.8 Å². The van der Waals surface area contributed by atoms with Crippen LogP contribution in [0.15, 0.2) is 23.4 Å². The SMILES string of the molecule is CCn1c(COc2cccc(C)c2C)nnc1SCC(=O)N1CCC(C)CC1. The van der Waals surface area contributed by atoms with Gasteiger partial charge in [-0.3, -0.25) is 4.79 Å². The van der Waals surface area contributed by atoms with Crippen LogP contribution in [0.2, 0.25) is 0 Å². The molecule has 7 heteroatoms. The van der Waals surface area contributed by atoms with Gasteiger partial charge in [-0.05, 0) is 56.7 Å². The summed E-state index contributed by atoms with van der Waals surface area (Å²) in [6, 6.07) is 6.05. The molecule has 0 N–H and O–H groups in total. The Morgan fingerprint density at radius 3 is 2.71 bits per heavy atom. The van der Waals surface area contributed by atoms with E-state index < -0.39 is 0 Å². The number of rotatable bonds is 7. The van der Waals surface area contributed by atoms with Crippen molar-refractivity contribution in [2.24, 2.45) is 5.92 Å². The van der Waals surface area contributed by atoms with Gasteiger partial charge in [0.25, 0.3) is 0 Å². The lowest BCUT2D eigenvalue weighted by Crippen LogP contribution is -2.38. The minimum atomic E-state index is 0.190. The number of benzene rings is 1. The Kier molecular flexibility index (Phi) is 6.99. The van der Waals surface area contributed by atoms with Crippen molar-refractivity contribution in [2.75, 3.05) is 18.8 Å². The lowest BCUT2D eigenvalue weighted by Gasteiger charge is -2.30. The molecule has 1 aliphatic heterocycles. The van der Waals surface area contributed by atoms with Crippen molar-refractivity contribution in [3.05, 3.63) is 35.2 Å². The quantitative estimate of drug-likeness (QED) is 0.659. The number of hydrogen-bond acceptors (Lipinski definition) is 5. The van der Waals surface area contributed by atoms with Crippen molar-refractivity contribution < 1.29 is 9.53 Å². The normalized spacial score (nSPS) is 15.1. The summed E-state index contributed by atoms with van der Waals surface area (Å²) >= 11 is 1.46. The Morgan fingerprint density at radius 2 is 2.00 bits per heavy atom. The minimum Gasteiger partial charge on any atom is -0.485 e. The van der Waals surface area contributed by atoms with Crippen molar-refractivity contribution in [2.45, 2.75) is 58.8 Å². The lowest BCUT2D eigenvalue weighted by molar-refractivity contribution is -0.129. The van der Waals surface area contributed by atoms with Crippen LogP contribution in [0.3, 0.4) is 0 Å². The van der Waals surface area contributed by atoms with E-state index in [0.717, 1.165) is 60.7 Å². The first-order valence-electron chi connectivity index (χ1n) is 10.0. The minimum absolute atomic E-state index is 0.190. The van der Waals surface area contributed by atoms with E-state index >= 15 is 0 Å². The molecule has 1 aromatic heterocycles. The van der Waals surface area contributed by atoms with E-state index in [1.54, 1.807) is 0 Å². The molecule has 2 aromatic rings. The van der Waals surface area contributed by atoms with E-state index in [0.29, 0.717) is 12.4 Å². The summed E-state index contributed by atoms with van der Waals surface area (Å²) in [7, 11) is 0. The highest BCUT2D eigenvalue weighted by Gasteiger charge is 2.21. The Balaban J connectivity index is 1.58. The first kappa shape index (κ1) is 20.7. The van der Waals surface area contributed by atoms with Crippen LogP contribution in [0, 0.1) is 19.8 Å². The van der Waals surface area contributed by atoms with Gasteiger partial charge in [-0.15, -0.1) is 10.2 Å². The third-order valence-electron chi connectivity index (χ3n) is 5.48. The van der Waals surface area contributed by atoms with Gasteiger partial charge in [0.05, 0.1) is 5.75 Å². The molecule has 152 valence electrons. The van der Waals surface area contributed by atoms with Gasteiger partial charge in [0.15, 0.2) is 11.0 Å². The van der Waals surface area contributed by atoms with Crippen molar-refractivity contribution in [3.63, 3.8) is 0 Å². The molecule has 0 spiro atoms. The average molecular weight is 403 g/mol. The van der Waals surface area contributed by atoms with Gasteiger partial charge in [-0.2, -0.15) is 0 Å². The summed E-state index contributed by atoms with van der Waals surface area (Å²) in [5.41, 5.74) is 2.34. The fraction of sp³-hybridized carbons (Fsp3) is 0.571. The molecule has 0 radical (unpaired) electrons. The largest absolute Gasteiger partial charge is 0.485 e. The van der Waals surface area contributed by atoms with Gasteiger partial charge in [-0.1, -0.05) is 30.8 Å². The zero-order valence-electron chi connectivity index (χ0n) is 17.3. The molecule has 6 nitrogen and oxygen atoms in total. The Labute approximate surface area is 171 Å². The maximum Gasteiger partial charge on any atom is 0.233 e. The predicted octanol–water partition coefficient (Wildman–Crippen LogP) is 3.84. The van der Waals surface area contributed by atoms with Crippen LogP contribution < -0.4 is 4.74 Å². The molecule has 1 aromatic carbocycles. The number of aryl methyl sites for hydroxylation is 1. The third kappa shape index (κ3) is 4.87. The molecule has 1 amide bonds. The van der Waals surface area contributed by atoms with Crippen LogP contribution in [0.5, 0.6) is 5.75 Å². The fourth-order valence-electron chi connectivity index (χ4n) is 3.35. The highest BCUT2D eigenvalue weighted by Crippen LogP contribution is 2.23. The van der Waals surface area contributed by atoms with E-state index in [1.165, 1.54) is 17.3 Å². The maximum absolute atomic E-state index is 12.5. The van der Waals surface area contributed by atoms with E-state index in [9.17, 15) is 4.79 Å². The van der Waals surface area contributed by atoms with Gasteiger partial charge in [0.2, 0.25) is 5.91 Å². The van der Waals surface area contributed by atoms with E-state index in [-0.39, 0.29) is 5.91 Å². The summed E-state index contributed by atoms with van der Waals surface area (Å²) in [6.45, 7) is 11.3. The molecule has 0 bridgehead atoms. The molecule has 0 aliphatic carbocycles. The van der Waals surface area contributed by atoms with Crippen LogP contribution in [0.25, 0.3) is 0 Å². The average Bonchev–Trinajstić information content (AvgIpc) is 3.09. The molecule has 1 aliphatic rings. The molecular weight excluding hydrogens is 372 g/mol. The van der Waals surface area contributed by atoms with E-state index in [2.05, 4.69) is 44.0 Å². The van der Waals surface area contributed by atoms with Crippen molar-refractivity contribution in [1.82, 2.24) is 19.7 Å². The Bertz CT molecular complexity index is 813. The smallest absolute Gasteiger partial charge is 0.233 e. The van der Waals surface area contributed by atoms with Gasteiger partial charge in [0.1, 0.15) is 12.4 Å². The first-order valence-corrected chi connectivity index (χ1v) is 11.0. The summed E-state index contributed by atoms with van der Waals surface area (Å²) in [4.78, 5) is 14.5. The highest BCUT2D eigenvalue weighted by molar-refractivity contribution is 7.99. The number of carbonyl (C=O) groups is 1. The molecule has 28 heavy (non-hydrogen) atoms. The molecule has 0 atom stereocenters. The van der Waals surface area contributed by atoms with Crippen molar-refractivity contribution >= 4 is 17.7 Å². The molecule has 0 unspecified atom stereocenters. The number of thioether (sulfide) groups is 1. The fourth-order valence-corrected chi connectivity index (χ4v) is 4.27. The van der Waals surface area contributed by atoms with Crippen LogP contribution in [0.1, 0.15) is 43.6 Å². The number of piperidine rings is 1. The number of aromatic nitrogens is 3. The third-order valence-corrected chi connectivity index (χ3v) is 6.43. The number of likely N-dealkylation sites (tertiary alicyclic amines) is 1. The summed E-state index contributed by atoms with van der Waals surface area (Å²) in [6.07, 6.45) is 2.20. The zero-order chi connectivity index (χ0) is 20.1. The maximum atomic E-state index is 12.5. The van der Waals surface area contributed by atoms with Gasteiger partial charge in [0, 0.05) is 19.6 Å². The van der Waals surface area contributed by atoms with Crippen molar-refractivity contribution in [1.29, 1.82) is 0 Å². The number of nitrogens with zero attached hydrogens (tertiary/aromatic N) is 4. The molecule has 1 saturated heterocycles. The Morgan fingerprint density at radius 1 is 1.25 bits per heavy atom. The second-order valence-electron chi connectivity index (χ2n) is 7.48. The zero-order valence-corrected chi connectivity index (χ0v) is 18.1. The van der Waals surface area contributed by atoms with Gasteiger partial charge < -0.3 is 14.2 Å². The molecular formula is C21H30N4O2S. The number of hydrogen-bond donors (Lipinski definition) is 0. The topological polar surface area (TPSA) is 60.2 Å². The van der Waals surface area contributed by atoms with Crippen molar-refractivity contribution in [3.8, 4) is 5.75 Å². The van der Waals surface area contributed by atoms with Crippen LogP contribution in [-0.4, -0.2) is 44.4 Å². The highest BCUT2D eigenvalue weighted by atomic mass is 32.2. The summed E-state index contributed by atoms with van der Waals surface area (Å²) in [5.74, 6) is 2.97. The Hall–Kier alpha value is -2.02. The van der Waals surface area contributed by atoms with E-state index in [4.69, 9.17) is 4.74 Å². The molecule has 2 heterocycles. The standard InChI is InChI=1S/C21H30N4O2S/c1-5-25-19(13-27-18-8-6-7-16(3)17(18)4)22-23-21(25)28-14-20(26)24-11-9-15(2)10-12-24/h6-8,15H,5,9-14H2,1-4H3. The molecule has 0 saturated carbocycles. The molecule has 3 rings (SSSR count). The number of carbonyl (C=O) groups excluding carboxylic acids is 1. The van der Waals surface area contributed by atoms with Crippen LogP contribution in [0.4, 0.5) is 0 Å². The number of ether oxygens (including phenoxy) is 1. The lowest BCUT2D eigenvalue weighted by atomic mass is 9.99. The van der Waals surface area contributed by atoms with Crippen LogP contribution in [-0.2, 0) is 17.9 Å². The molecule has 1 fully saturated rings. The monoisotopic (exact) mass is 402 g/mol. The van der Waals surface area contributed by atoms with Gasteiger partial charge >= 0.3 is 0 Å². The van der Waals surface area contributed by atoms with E-state index in [1.807, 2.05) is 21.6 Å². The summed E-state index contributed by atoms with van der Waals surface area (Å²) < 4.78 is 8.01. The second-order valence-corrected chi connectivity index (χ2v) is 8.42. The summed E-state index contributed by atoms with van der Waals surface area (Å²) in [5, 5.41) is 9.37.